The summed E-state index contributed by atoms with van der Waals surface area (Å²) in [6.45, 7) is 13.3. The Morgan fingerprint density at radius 1 is 1.02 bits per heavy atom. The second-order valence-electron chi connectivity index (χ2n) is 12.0. The van der Waals surface area contributed by atoms with Gasteiger partial charge < -0.3 is 15.9 Å². The van der Waals surface area contributed by atoms with Gasteiger partial charge in [-0.15, -0.1) is 0 Å². The van der Waals surface area contributed by atoms with Crippen LogP contribution in [-0.4, -0.2) is 38.2 Å². The van der Waals surface area contributed by atoms with Crippen LogP contribution in [0.1, 0.15) is 54.7 Å². The molecule has 2 aromatic carbocycles. The van der Waals surface area contributed by atoms with E-state index in [1.165, 1.54) is 36.5 Å². The van der Waals surface area contributed by atoms with Crippen molar-refractivity contribution in [3.05, 3.63) is 118 Å². The standard InChI is InChI=1S/C36H33F2N7O2/c1-21(2)44-20-30(34(47)33(36(44)40-3)23-5-7-26(37)8-6-23)32(46)15-22-4-9-28(31(38)14-22)29-16-24(17-42-35(29)39)25-18-43-45(19-25)27-10-12-41-13-11-27/h4-9,14,16-21,27,41H,10-13,15H2,1-2H3,(H2,39,42). The first-order valence-corrected chi connectivity index (χ1v) is 15.4. The summed E-state index contributed by atoms with van der Waals surface area (Å²) >= 11 is 0. The molecule has 3 aromatic heterocycles. The van der Waals surface area contributed by atoms with Gasteiger partial charge in [0.25, 0.3) is 0 Å². The number of carbonyl (C=O) groups is 1. The molecule has 1 fully saturated rings. The van der Waals surface area contributed by atoms with Gasteiger partial charge in [-0.1, -0.05) is 30.8 Å². The van der Waals surface area contributed by atoms with Gasteiger partial charge in [-0.3, -0.25) is 18.8 Å². The van der Waals surface area contributed by atoms with E-state index in [-0.39, 0.29) is 40.8 Å². The first-order chi connectivity index (χ1) is 22.6. The summed E-state index contributed by atoms with van der Waals surface area (Å²) in [6, 6.07) is 11.5. The number of pyridine rings is 2. The van der Waals surface area contributed by atoms with E-state index in [9.17, 15) is 14.0 Å². The average molecular weight is 634 g/mol. The van der Waals surface area contributed by atoms with Crippen molar-refractivity contribution in [2.45, 2.75) is 45.2 Å². The fraction of sp³-hybridized carbons (Fsp3) is 0.250. The maximum absolute atomic E-state index is 15.7. The van der Waals surface area contributed by atoms with E-state index in [1.807, 2.05) is 24.7 Å². The van der Waals surface area contributed by atoms with E-state index in [1.54, 1.807) is 35.2 Å². The summed E-state index contributed by atoms with van der Waals surface area (Å²) < 4.78 is 32.8. The normalized spacial score (nSPS) is 13.5. The van der Waals surface area contributed by atoms with Gasteiger partial charge in [0.1, 0.15) is 23.0 Å². The Labute approximate surface area is 270 Å². The molecule has 0 atom stereocenters. The molecule has 0 unspecified atom stereocenters. The third kappa shape index (κ3) is 6.33. The molecule has 1 aliphatic rings. The zero-order valence-electron chi connectivity index (χ0n) is 26.0. The Hall–Kier alpha value is -5.47. The van der Waals surface area contributed by atoms with Gasteiger partial charge in [-0.25, -0.2) is 13.8 Å². The Kier molecular flexibility index (Phi) is 8.78. The highest BCUT2D eigenvalue weighted by Crippen LogP contribution is 2.34. The maximum Gasteiger partial charge on any atom is 0.241 e. The van der Waals surface area contributed by atoms with Crippen LogP contribution in [-0.2, 0) is 6.42 Å². The molecule has 4 heterocycles. The summed E-state index contributed by atoms with van der Waals surface area (Å²) in [5.41, 5.74) is 8.34. The van der Waals surface area contributed by atoms with Gasteiger partial charge in [0.2, 0.25) is 5.82 Å². The number of halogens is 2. The number of rotatable bonds is 8. The number of nitrogens with two attached hydrogens (primary N) is 1. The fourth-order valence-electron chi connectivity index (χ4n) is 5.98. The average Bonchev–Trinajstić information content (AvgIpc) is 3.56. The van der Waals surface area contributed by atoms with Crippen LogP contribution in [0.3, 0.4) is 0 Å². The number of piperidine rings is 1. The first kappa shape index (κ1) is 31.5. The molecule has 0 radical (unpaired) electrons. The highest BCUT2D eigenvalue weighted by molar-refractivity contribution is 5.99. The number of nitrogens with zero attached hydrogens (tertiary/aromatic N) is 5. The minimum absolute atomic E-state index is 0.0187. The van der Waals surface area contributed by atoms with E-state index in [4.69, 9.17) is 12.3 Å². The summed E-state index contributed by atoms with van der Waals surface area (Å²) in [5.74, 6) is -1.42. The van der Waals surface area contributed by atoms with Crippen LogP contribution in [0, 0.1) is 18.2 Å². The minimum Gasteiger partial charge on any atom is -0.383 e. The van der Waals surface area contributed by atoms with Gasteiger partial charge in [0.15, 0.2) is 11.2 Å². The van der Waals surface area contributed by atoms with Crippen molar-refractivity contribution in [3.8, 4) is 33.4 Å². The maximum atomic E-state index is 15.7. The summed E-state index contributed by atoms with van der Waals surface area (Å²) in [4.78, 5) is 35.1. The topological polar surface area (TPSA) is 112 Å². The molecule has 47 heavy (non-hydrogen) atoms. The van der Waals surface area contributed by atoms with Crippen LogP contribution in [0.25, 0.3) is 38.2 Å². The van der Waals surface area contributed by atoms with Crippen LogP contribution < -0.4 is 16.5 Å². The molecule has 0 spiro atoms. The van der Waals surface area contributed by atoms with Crippen LogP contribution >= 0.6 is 0 Å². The van der Waals surface area contributed by atoms with Gasteiger partial charge in [0.05, 0.1) is 30.0 Å². The smallest absolute Gasteiger partial charge is 0.241 e. The number of hydrogen-bond acceptors (Lipinski definition) is 6. The van der Waals surface area contributed by atoms with Gasteiger partial charge in [0, 0.05) is 41.1 Å². The van der Waals surface area contributed by atoms with E-state index in [2.05, 4.69) is 20.2 Å². The predicted octanol–water partition coefficient (Wildman–Crippen LogP) is 6.78. The van der Waals surface area contributed by atoms with Crippen molar-refractivity contribution in [2.24, 2.45) is 0 Å². The lowest BCUT2D eigenvalue weighted by Crippen LogP contribution is -2.29. The van der Waals surface area contributed by atoms with Crippen molar-refractivity contribution >= 4 is 17.4 Å². The second kappa shape index (κ2) is 13.1. The lowest BCUT2D eigenvalue weighted by Gasteiger charge is -2.22. The number of hydrogen-bond donors (Lipinski definition) is 2. The number of anilines is 1. The molecule has 5 aromatic rings. The zero-order valence-corrected chi connectivity index (χ0v) is 26.0. The highest BCUT2D eigenvalue weighted by atomic mass is 19.1. The Bertz CT molecular complexity index is 2070. The number of aromatic nitrogens is 4. The lowest BCUT2D eigenvalue weighted by atomic mass is 9.96. The molecule has 0 bridgehead atoms. The number of ketones is 1. The Morgan fingerprint density at radius 3 is 2.45 bits per heavy atom. The van der Waals surface area contributed by atoms with Gasteiger partial charge in [-0.05, 0) is 75.2 Å². The number of nitrogens with one attached hydrogen (secondary N) is 1. The summed E-state index contributed by atoms with van der Waals surface area (Å²) in [5, 5.41) is 7.90. The predicted molar refractivity (Wildman–Crippen MR) is 177 cm³/mol. The Balaban J connectivity index is 1.29. The molecular weight excluding hydrogens is 600 g/mol. The monoisotopic (exact) mass is 633 g/mol. The number of Topliss-reactive ketones (excluding diaryl/α,β-unsaturated/α-hetero) is 1. The molecule has 238 valence electrons. The third-order valence-electron chi connectivity index (χ3n) is 8.53. The molecule has 11 heteroatoms. The van der Waals surface area contributed by atoms with Crippen molar-refractivity contribution < 1.29 is 13.6 Å². The van der Waals surface area contributed by atoms with Gasteiger partial charge in [-0.2, -0.15) is 5.10 Å². The van der Waals surface area contributed by atoms with E-state index in [0.717, 1.165) is 37.1 Å². The Morgan fingerprint density at radius 2 is 1.77 bits per heavy atom. The molecule has 0 saturated carbocycles. The van der Waals surface area contributed by atoms with Crippen molar-refractivity contribution in [3.63, 3.8) is 0 Å². The van der Waals surface area contributed by atoms with E-state index in [0.29, 0.717) is 22.7 Å². The number of nitrogen functional groups attached to an aromatic ring is 1. The van der Waals surface area contributed by atoms with E-state index >= 15 is 4.39 Å². The van der Waals surface area contributed by atoms with Crippen LogP contribution in [0.15, 0.2) is 78.1 Å². The largest absolute Gasteiger partial charge is 0.383 e. The van der Waals surface area contributed by atoms with Crippen molar-refractivity contribution in [1.29, 1.82) is 0 Å². The molecule has 0 aliphatic carbocycles. The molecule has 3 N–H and O–H groups in total. The van der Waals surface area contributed by atoms with Crippen LogP contribution in [0.2, 0.25) is 0 Å². The SMILES string of the molecule is [C-]#[N+]c1c(-c2ccc(F)cc2)c(=O)c(C(=O)Cc2ccc(-c3cc(-c4cnn(C5CCNCC5)c4)cnc3N)c(F)c2)cn1C(C)C. The molecule has 1 saturated heterocycles. The molecule has 9 nitrogen and oxygen atoms in total. The summed E-state index contributed by atoms with van der Waals surface area (Å²) in [7, 11) is 0. The summed E-state index contributed by atoms with van der Waals surface area (Å²) in [6.07, 6.45) is 8.47. The van der Waals surface area contributed by atoms with E-state index < -0.39 is 22.8 Å². The highest BCUT2D eigenvalue weighted by Gasteiger charge is 2.24. The van der Waals surface area contributed by atoms with Crippen LogP contribution in [0.5, 0.6) is 0 Å². The molecular formula is C36H33F2N7O2. The van der Waals surface area contributed by atoms with Crippen molar-refractivity contribution in [1.82, 2.24) is 24.6 Å². The minimum atomic E-state index is -0.638. The molecule has 6 rings (SSSR count). The second-order valence-corrected chi connectivity index (χ2v) is 12.0. The zero-order chi connectivity index (χ0) is 33.2. The quantitative estimate of drug-likeness (QED) is 0.144. The lowest BCUT2D eigenvalue weighted by molar-refractivity contribution is 0.0991. The van der Waals surface area contributed by atoms with Crippen LogP contribution in [0.4, 0.5) is 20.4 Å². The number of carbonyl (C=O) groups excluding carboxylic acids is 1. The van der Waals surface area contributed by atoms with Crippen molar-refractivity contribution in [2.75, 3.05) is 18.8 Å². The third-order valence-corrected chi connectivity index (χ3v) is 8.53. The fourth-order valence-corrected chi connectivity index (χ4v) is 5.98. The molecule has 0 amide bonds. The number of benzene rings is 2. The molecule has 1 aliphatic heterocycles. The first-order valence-electron chi connectivity index (χ1n) is 15.4. The van der Waals surface area contributed by atoms with Gasteiger partial charge >= 0.3 is 0 Å².